The molecule has 0 saturated carbocycles. The van der Waals surface area contributed by atoms with Crippen molar-refractivity contribution in [1.29, 1.82) is 0 Å². The molecule has 2 aliphatic heterocycles. The van der Waals surface area contributed by atoms with Gasteiger partial charge in [0.2, 0.25) is 0 Å². The molecule has 0 bridgehead atoms. The largest absolute Gasteiger partial charge is 0.496 e. The fraction of sp³-hybridized carbons (Fsp3) is 0.485. The number of carbonyl (C=O) groups is 1. The first kappa shape index (κ1) is 28.6. The number of nitrogens with one attached hydrogen (secondary N) is 2. The Morgan fingerprint density at radius 2 is 1.93 bits per heavy atom. The van der Waals surface area contributed by atoms with Gasteiger partial charge in [-0.3, -0.25) is 9.69 Å². The maximum Gasteiger partial charge on any atom is 0.267 e. The van der Waals surface area contributed by atoms with E-state index in [1.54, 1.807) is 13.4 Å². The number of aromatic amines is 1. The van der Waals surface area contributed by atoms with Crippen LogP contribution in [0.15, 0.2) is 53.1 Å². The molecule has 2 saturated heterocycles. The number of fused-ring (bicyclic) bond motifs is 2. The molecule has 0 spiro atoms. The molecule has 2 aliphatic rings. The van der Waals surface area contributed by atoms with E-state index in [-0.39, 0.29) is 18.1 Å². The van der Waals surface area contributed by atoms with E-state index in [0.717, 1.165) is 85.2 Å². The first-order chi connectivity index (χ1) is 20.4. The van der Waals surface area contributed by atoms with Crippen LogP contribution in [0.4, 0.5) is 0 Å². The van der Waals surface area contributed by atoms with Gasteiger partial charge in [0.1, 0.15) is 29.4 Å². The van der Waals surface area contributed by atoms with Crippen LogP contribution in [-0.4, -0.2) is 83.8 Å². The summed E-state index contributed by atoms with van der Waals surface area (Å²) in [6.07, 6.45) is 4.26. The average molecular weight is 575 g/mol. The Balaban J connectivity index is 1.04. The molecule has 0 radical (unpaired) electrons. The highest BCUT2D eigenvalue weighted by Crippen LogP contribution is 2.33. The van der Waals surface area contributed by atoms with Gasteiger partial charge in [0.25, 0.3) is 5.91 Å². The third-order valence-electron chi connectivity index (χ3n) is 9.07. The van der Waals surface area contributed by atoms with Crippen molar-refractivity contribution in [3.05, 3.63) is 60.0 Å². The quantitative estimate of drug-likeness (QED) is 0.264. The Morgan fingerprint density at radius 1 is 1.14 bits per heavy atom. The van der Waals surface area contributed by atoms with Crippen molar-refractivity contribution in [3.63, 3.8) is 0 Å². The Morgan fingerprint density at radius 3 is 2.71 bits per heavy atom. The number of H-pyrrole nitrogens is 1. The van der Waals surface area contributed by atoms with Gasteiger partial charge in [-0.1, -0.05) is 19.1 Å². The van der Waals surface area contributed by atoms with Gasteiger partial charge in [0.15, 0.2) is 0 Å². The van der Waals surface area contributed by atoms with Crippen LogP contribution in [0.2, 0.25) is 0 Å². The Kier molecular flexibility index (Phi) is 8.42. The second-order valence-electron chi connectivity index (χ2n) is 12.0. The molecule has 0 unspecified atom stereocenters. The zero-order chi connectivity index (χ0) is 29.2. The molecule has 1 amide bonds. The number of likely N-dealkylation sites (tertiary alicyclic amines) is 2. The summed E-state index contributed by atoms with van der Waals surface area (Å²) in [7, 11) is 1.65. The van der Waals surface area contributed by atoms with Crippen LogP contribution in [0.3, 0.4) is 0 Å². The second kappa shape index (κ2) is 12.4. The van der Waals surface area contributed by atoms with Gasteiger partial charge in [0, 0.05) is 61.3 Å². The summed E-state index contributed by atoms with van der Waals surface area (Å²) in [5.74, 6) is 1.69. The van der Waals surface area contributed by atoms with Crippen molar-refractivity contribution in [2.24, 2.45) is 5.92 Å². The number of piperidine rings is 2. The molecular weight excluding hydrogens is 532 g/mol. The van der Waals surface area contributed by atoms with E-state index >= 15 is 0 Å². The normalized spacial score (nSPS) is 21.5. The van der Waals surface area contributed by atoms with Crippen molar-refractivity contribution >= 4 is 27.8 Å². The number of methoxy groups -OCH3 is 1. The number of ether oxygens (including phenoxy) is 2. The van der Waals surface area contributed by atoms with E-state index in [2.05, 4.69) is 33.9 Å². The number of aliphatic hydroxyl groups excluding tert-OH is 1. The molecule has 4 aromatic rings. The Bertz CT molecular complexity index is 1520. The minimum atomic E-state index is -0.170. The molecule has 0 aliphatic carbocycles. The smallest absolute Gasteiger partial charge is 0.267 e. The van der Waals surface area contributed by atoms with E-state index in [9.17, 15) is 9.90 Å². The van der Waals surface area contributed by atoms with Gasteiger partial charge in [-0.05, 0) is 62.4 Å². The SMILES string of the molecule is COc1cccc2occ(COc3cccc4[nH]c(C(=O)NC5CCN(C[C@H](C)N6CC[C@H](O)[C@@H](C)C6)CC5)cc34)c12. The van der Waals surface area contributed by atoms with E-state index in [0.29, 0.717) is 30.0 Å². The van der Waals surface area contributed by atoms with E-state index in [1.165, 1.54) is 0 Å². The van der Waals surface area contributed by atoms with Gasteiger partial charge in [-0.15, -0.1) is 0 Å². The highest BCUT2D eigenvalue weighted by atomic mass is 16.5. The number of carbonyl (C=O) groups excluding carboxylic acids is 1. The van der Waals surface area contributed by atoms with Crippen LogP contribution in [-0.2, 0) is 6.61 Å². The number of nitrogens with zero attached hydrogens (tertiary/aromatic N) is 2. The van der Waals surface area contributed by atoms with Gasteiger partial charge in [0.05, 0.1) is 24.9 Å². The number of rotatable bonds is 9. The monoisotopic (exact) mass is 574 g/mol. The lowest BCUT2D eigenvalue weighted by atomic mass is 9.95. The second-order valence-corrected chi connectivity index (χ2v) is 12.0. The van der Waals surface area contributed by atoms with Gasteiger partial charge < -0.3 is 34.2 Å². The van der Waals surface area contributed by atoms with Gasteiger partial charge >= 0.3 is 0 Å². The number of aliphatic hydroxyl groups is 1. The first-order valence-electron chi connectivity index (χ1n) is 15.1. The highest BCUT2D eigenvalue weighted by molar-refractivity contribution is 5.99. The lowest BCUT2D eigenvalue weighted by molar-refractivity contribution is 0.0115. The number of hydrogen-bond acceptors (Lipinski definition) is 7. The molecule has 2 fully saturated rings. The molecule has 2 aromatic carbocycles. The zero-order valence-corrected chi connectivity index (χ0v) is 24.8. The van der Waals surface area contributed by atoms with Crippen molar-refractivity contribution in [1.82, 2.24) is 20.1 Å². The number of amides is 1. The molecule has 224 valence electrons. The third kappa shape index (κ3) is 6.00. The van der Waals surface area contributed by atoms with Crippen LogP contribution in [0, 0.1) is 5.92 Å². The molecule has 9 nitrogen and oxygen atoms in total. The maximum absolute atomic E-state index is 13.2. The van der Waals surface area contributed by atoms with Crippen molar-refractivity contribution in [3.8, 4) is 11.5 Å². The Labute approximate surface area is 246 Å². The number of hydrogen-bond donors (Lipinski definition) is 3. The van der Waals surface area contributed by atoms with Crippen molar-refractivity contribution in [2.45, 2.75) is 57.9 Å². The number of benzene rings is 2. The molecule has 9 heteroatoms. The fourth-order valence-electron chi connectivity index (χ4n) is 6.50. The maximum atomic E-state index is 13.2. The molecule has 4 heterocycles. The predicted molar refractivity (Wildman–Crippen MR) is 163 cm³/mol. The lowest BCUT2D eigenvalue weighted by Crippen LogP contribution is -2.52. The van der Waals surface area contributed by atoms with Crippen LogP contribution in [0.5, 0.6) is 11.5 Å². The highest BCUT2D eigenvalue weighted by Gasteiger charge is 2.29. The third-order valence-corrected chi connectivity index (χ3v) is 9.07. The minimum Gasteiger partial charge on any atom is -0.496 e. The molecule has 3 atom stereocenters. The van der Waals surface area contributed by atoms with Crippen LogP contribution in [0.1, 0.15) is 49.2 Å². The van der Waals surface area contributed by atoms with E-state index < -0.39 is 0 Å². The lowest BCUT2D eigenvalue weighted by Gasteiger charge is -2.41. The van der Waals surface area contributed by atoms with Crippen LogP contribution < -0.4 is 14.8 Å². The average Bonchev–Trinajstić information content (AvgIpc) is 3.63. The summed E-state index contributed by atoms with van der Waals surface area (Å²) in [4.78, 5) is 21.5. The van der Waals surface area contributed by atoms with Crippen LogP contribution >= 0.6 is 0 Å². The Hall–Kier alpha value is -3.53. The minimum absolute atomic E-state index is 0.0876. The number of furan rings is 1. The van der Waals surface area contributed by atoms with Crippen molar-refractivity contribution in [2.75, 3.05) is 39.8 Å². The van der Waals surface area contributed by atoms with Gasteiger partial charge in [-0.25, -0.2) is 0 Å². The summed E-state index contributed by atoms with van der Waals surface area (Å²) < 4.78 is 17.4. The molecule has 2 aromatic heterocycles. The standard InChI is InChI=1S/C33H42N4O5/c1-21-17-37(15-12-28(21)38)22(2)18-36-13-10-24(11-14-36)34-33(39)27-16-25-26(35-27)6-4-7-29(25)41-19-23-20-42-31-9-5-8-30(40-3)32(23)31/h4-9,16,20-22,24,28,35,38H,10-15,17-19H2,1-3H3,(H,34,39)/t21-,22-,28-/m0/s1. The molecule has 3 N–H and O–H groups in total. The van der Waals surface area contributed by atoms with Crippen molar-refractivity contribution < 1.29 is 23.8 Å². The van der Waals surface area contributed by atoms with E-state index in [4.69, 9.17) is 13.9 Å². The topological polar surface area (TPSA) is 103 Å². The zero-order valence-electron chi connectivity index (χ0n) is 24.8. The summed E-state index contributed by atoms with van der Waals surface area (Å²) in [6.45, 7) is 9.63. The van der Waals surface area contributed by atoms with Crippen LogP contribution in [0.25, 0.3) is 21.9 Å². The van der Waals surface area contributed by atoms with E-state index in [1.807, 2.05) is 42.5 Å². The summed E-state index contributed by atoms with van der Waals surface area (Å²) in [6, 6.07) is 14.0. The fourth-order valence-corrected chi connectivity index (χ4v) is 6.50. The molecular formula is C33H42N4O5. The molecule has 42 heavy (non-hydrogen) atoms. The van der Waals surface area contributed by atoms with Gasteiger partial charge in [-0.2, -0.15) is 0 Å². The first-order valence-corrected chi connectivity index (χ1v) is 15.1. The number of aromatic nitrogens is 1. The summed E-state index contributed by atoms with van der Waals surface area (Å²) >= 11 is 0. The molecule has 6 rings (SSSR count). The predicted octanol–water partition coefficient (Wildman–Crippen LogP) is 4.79. The summed E-state index contributed by atoms with van der Waals surface area (Å²) in [5, 5.41) is 15.1. The summed E-state index contributed by atoms with van der Waals surface area (Å²) in [5.41, 5.74) is 3.05.